The van der Waals surface area contributed by atoms with E-state index in [1.54, 1.807) is 41.5 Å². The summed E-state index contributed by atoms with van der Waals surface area (Å²) < 4.78 is 18.2. The molecule has 0 saturated carbocycles. The van der Waals surface area contributed by atoms with Gasteiger partial charge in [0.1, 0.15) is 17.2 Å². The van der Waals surface area contributed by atoms with Crippen LogP contribution in [0.1, 0.15) is 48.0 Å². The summed E-state index contributed by atoms with van der Waals surface area (Å²) in [6, 6.07) is -1.49. The molecule has 0 rings (SSSR count). The number of carbonyl (C=O) groups excluding carboxylic acids is 4. The molecule has 23 heavy (non-hydrogen) atoms. The van der Waals surface area contributed by atoms with Crippen LogP contribution in [0.2, 0.25) is 0 Å². The lowest BCUT2D eigenvalue weighted by atomic mass is 10.2. The Bertz CT molecular complexity index is 472. The zero-order valence-electron chi connectivity index (χ0n) is 14.1. The van der Waals surface area contributed by atoms with Crippen molar-refractivity contribution >= 4 is 24.2 Å². The van der Waals surface area contributed by atoms with Crippen molar-refractivity contribution in [3.8, 4) is 0 Å². The first-order valence-electron chi connectivity index (χ1n) is 6.83. The molecule has 0 heterocycles. The van der Waals surface area contributed by atoms with E-state index in [1.165, 1.54) is 0 Å². The van der Waals surface area contributed by atoms with Gasteiger partial charge in [0.15, 0.2) is 0 Å². The van der Waals surface area contributed by atoms with Gasteiger partial charge < -0.3 is 24.7 Å². The Hall–Kier alpha value is -2.16. The van der Waals surface area contributed by atoms with Gasteiger partial charge in [0, 0.05) is 0 Å². The predicted octanol–water partition coefficient (Wildman–Crippen LogP) is 1.66. The molecule has 132 valence electrons. The summed E-state index contributed by atoms with van der Waals surface area (Å²) in [6.07, 6.45) is -3.12. The topological polar surface area (TPSA) is 131 Å². The molecule has 9 heteroatoms. The van der Waals surface area contributed by atoms with Gasteiger partial charge in [-0.2, -0.15) is 0 Å². The van der Waals surface area contributed by atoms with Crippen LogP contribution in [-0.2, 0) is 28.5 Å². The van der Waals surface area contributed by atoms with Gasteiger partial charge in [-0.25, -0.2) is 14.4 Å². The lowest BCUT2D eigenvalue weighted by Gasteiger charge is -2.19. The highest BCUT2D eigenvalue weighted by atomic mass is 16.8. The van der Waals surface area contributed by atoms with Crippen molar-refractivity contribution in [2.45, 2.75) is 65.2 Å². The van der Waals surface area contributed by atoms with Crippen LogP contribution in [0.4, 0.5) is 9.59 Å². The Morgan fingerprint density at radius 2 is 1.22 bits per heavy atom. The highest BCUT2D eigenvalue weighted by Crippen LogP contribution is 2.10. The summed E-state index contributed by atoms with van der Waals surface area (Å²) in [5.41, 5.74) is 3.71. The molecule has 0 aliphatic carbocycles. The molecule has 0 saturated heterocycles. The van der Waals surface area contributed by atoms with E-state index < -0.39 is 47.9 Å². The Balaban J connectivity index is 4.34. The molecule has 0 aromatic heterocycles. The third-order valence-corrected chi connectivity index (χ3v) is 1.85. The third-order valence-electron chi connectivity index (χ3n) is 1.85. The van der Waals surface area contributed by atoms with E-state index in [-0.39, 0.29) is 0 Å². The average molecular weight is 333 g/mol. The molecule has 0 spiro atoms. The van der Waals surface area contributed by atoms with Gasteiger partial charge in [-0.05, 0) is 41.5 Å². The minimum Gasteiger partial charge on any atom is -0.428 e. The molecule has 9 nitrogen and oxygen atoms in total. The molecule has 2 N–H and O–H groups in total. The first-order valence-corrected chi connectivity index (χ1v) is 6.83. The van der Waals surface area contributed by atoms with E-state index in [0.29, 0.717) is 0 Å². The van der Waals surface area contributed by atoms with Crippen molar-refractivity contribution in [1.82, 2.24) is 0 Å². The second-order valence-corrected chi connectivity index (χ2v) is 6.63. The monoisotopic (exact) mass is 333 g/mol. The Kier molecular flexibility index (Phi) is 7.17. The van der Waals surface area contributed by atoms with E-state index >= 15 is 0 Å². The number of ether oxygens (including phenoxy) is 4. The van der Waals surface area contributed by atoms with Gasteiger partial charge >= 0.3 is 24.2 Å². The van der Waals surface area contributed by atoms with Crippen LogP contribution in [0.3, 0.4) is 0 Å². The Labute approximate surface area is 134 Å². The Morgan fingerprint density at radius 3 is 1.61 bits per heavy atom. The number of rotatable bonds is 3. The van der Waals surface area contributed by atoms with Crippen molar-refractivity contribution in [2.75, 3.05) is 0 Å². The van der Waals surface area contributed by atoms with Crippen LogP contribution < -0.4 is 5.73 Å². The van der Waals surface area contributed by atoms with E-state index in [4.69, 9.17) is 15.2 Å². The van der Waals surface area contributed by atoms with Crippen LogP contribution in [-0.4, -0.2) is 41.5 Å². The molecule has 0 amide bonds. The Morgan fingerprint density at radius 1 is 0.826 bits per heavy atom. The summed E-state index contributed by atoms with van der Waals surface area (Å²) in [4.78, 5) is 45.5. The molecule has 0 fully saturated rings. The maximum absolute atomic E-state index is 11.5. The third kappa shape index (κ3) is 11.1. The van der Waals surface area contributed by atoms with Crippen molar-refractivity contribution < 1.29 is 38.1 Å². The van der Waals surface area contributed by atoms with Crippen molar-refractivity contribution in [2.24, 2.45) is 5.73 Å². The molecule has 0 bridgehead atoms. The van der Waals surface area contributed by atoms with E-state index in [2.05, 4.69) is 9.47 Å². The maximum Gasteiger partial charge on any atom is 0.516 e. The summed E-state index contributed by atoms with van der Waals surface area (Å²) in [6.45, 7) is 9.50. The van der Waals surface area contributed by atoms with Crippen LogP contribution in [0.5, 0.6) is 0 Å². The van der Waals surface area contributed by atoms with Crippen molar-refractivity contribution in [3.63, 3.8) is 0 Å². The molecule has 0 aliphatic rings. The quantitative estimate of drug-likeness (QED) is 0.604. The number of esters is 2. The normalized spacial score (nSPS) is 12.8. The van der Waals surface area contributed by atoms with Crippen LogP contribution in [0, 0.1) is 0 Å². The fourth-order valence-electron chi connectivity index (χ4n) is 1.10. The van der Waals surface area contributed by atoms with Crippen LogP contribution >= 0.6 is 0 Å². The average Bonchev–Trinajstić information content (AvgIpc) is 2.21. The summed E-state index contributed by atoms with van der Waals surface area (Å²) in [5, 5.41) is 0. The van der Waals surface area contributed by atoms with Gasteiger partial charge in [0.05, 0.1) is 6.42 Å². The largest absolute Gasteiger partial charge is 0.516 e. The van der Waals surface area contributed by atoms with E-state index in [9.17, 15) is 19.2 Å². The number of hydrogen-bond acceptors (Lipinski definition) is 9. The van der Waals surface area contributed by atoms with Gasteiger partial charge in [-0.1, -0.05) is 0 Å². The highest BCUT2D eigenvalue weighted by Gasteiger charge is 2.27. The molecule has 1 atom stereocenters. The molecule has 0 aromatic rings. The minimum atomic E-state index is -1.49. The standard InChI is InChI=1S/C14H23NO8/c1-13(2,3)22-11(18)20-9(16)7-8(15)10(17)21-12(19)23-14(4,5)6/h8H,7,15H2,1-6H3/t8-/m1/s1. The zero-order valence-corrected chi connectivity index (χ0v) is 14.1. The number of hydrogen-bond donors (Lipinski definition) is 1. The second kappa shape index (κ2) is 7.91. The molecule has 0 unspecified atom stereocenters. The first kappa shape index (κ1) is 20.8. The van der Waals surface area contributed by atoms with E-state index in [1.807, 2.05) is 0 Å². The smallest absolute Gasteiger partial charge is 0.428 e. The van der Waals surface area contributed by atoms with Gasteiger partial charge in [-0.15, -0.1) is 0 Å². The second-order valence-electron chi connectivity index (χ2n) is 6.63. The fraction of sp³-hybridized carbons (Fsp3) is 0.714. The number of nitrogens with two attached hydrogens (primary N) is 1. The predicted molar refractivity (Wildman–Crippen MR) is 77.2 cm³/mol. The van der Waals surface area contributed by atoms with Crippen molar-refractivity contribution in [1.29, 1.82) is 0 Å². The molecule has 0 radical (unpaired) electrons. The summed E-state index contributed by atoms with van der Waals surface area (Å²) in [5.74, 6) is -2.27. The zero-order chi connectivity index (χ0) is 18.4. The highest BCUT2D eigenvalue weighted by molar-refractivity contribution is 5.90. The lowest BCUT2D eigenvalue weighted by molar-refractivity contribution is -0.149. The fourth-order valence-corrected chi connectivity index (χ4v) is 1.10. The minimum absolute atomic E-state index is 0.666. The SMILES string of the molecule is CC(C)(C)OC(=O)OC(=O)C[C@@H](N)C(=O)OC(=O)OC(C)(C)C. The molecular formula is C14H23NO8. The van der Waals surface area contributed by atoms with Gasteiger partial charge in [-0.3, -0.25) is 4.79 Å². The van der Waals surface area contributed by atoms with Gasteiger partial charge in [0.2, 0.25) is 0 Å². The van der Waals surface area contributed by atoms with Crippen LogP contribution in [0.15, 0.2) is 0 Å². The molecule has 0 aromatic carbocycles. The summed E-state index contributed by atoms with van der Waals surface area (Å²) in [7, 11) is 0. The molecular weight excluding hydrogens is 310 g/mol. The van der Waals surface area contributed by atoms with Crippen molar-refractivity contribution in [3.05, 3.63) is 0 Å². The number of carbonyl (C=O) groups is 4. The lowest BCUT2D eigenvalue weighted by Crippen LogP contribution is -2.38. The van der Waals surface area contributed by atoms with E-state index in [0.717, 1.165) is 0 Å². The molecule has 0 aliphatic heterocycles. The van der Waals surface area contributed by atoms with Gasteiger partial charge in [0.25, 0.3) is 0 Å². The summed E-state index contributed by atoms with van der Waals surface area (Å²) >= 11 is 0. The van der Waals surface area contributed by atoms with Crippen LogP contribution in [0.25, 0.3) is 0 Å². The maximum atomic E-state index is 11.5. The first-order chi connectivity index (χ1) is 10.2.